The molecular formula is C24H23BrN2O3S. The number of benzene rings is 3. The number of amides is 1. The normalized spacial score (nSPS) is 10.5. The minimum absolute atomic E-state index is 0.0388. The summed E-state index contributed by atoms with van der Waals surface area (Å²) in [6.07, 6.45) is 0.0388. The summed E-state index contributed by atoms with van der Waals surface area (Å²) in [5.41, 5.74) is 2.19. The minimum Gasteiger partial charge on any atom is -0.490 e. The summed E-state index contributed by atoms with van der Waals surface area (Å²) in [5.74, 6) is 0.995. The summed E-state index contributed by atoms with van der Waals surface area (Å²) < 4.78 is 12.3. The second kappa shape index (κ2) is 10.9. The average molecular weight is 499 g/mol. The molecule has 0 aliphatic rings. The molecule has 5 nitrogen and oxygen atoms in total. The zero-order valence-electron chi connectivity index (χ0n) is 17.2. The van der Waals surface area contributed by atoms with Crippen LogP contribution < -0.4 is 20.1 Å². The molecule has 3 rings (SSSR count). The van der Waals surface area contributed by atoms with Crippen LogP contribution in [0.15, 0.2) is 77.3 Å². The Kier molecular flexibility index (Phi) is 8.03. The molecule has 31 heavy (non-hydrogen) atoms. The maximum absolute atomic E-state index is 12.6. The van der Waals surface area contributed by atoms with E-state index in [1.54, 1.807) is 18.2 Å². The number of rotatable bonds is 7. The van der Waals surface area contributed by atoms with E-state index < -0.39 is 0 Å². The number of carbonyl (C=O) groups excluding carboxylic acids is 1. The standard InChI is InChI=1S/C24H23BrN2O3S/c1-16(2)30-21-13-12-18(14-19(21)25)23(28)27-24(31)26-20-10-6-7-11-22(20)29-15-17-8-4-3-5-9-17/h3-14,16H,15H2,1-2H3,(H2,26,27,28,31). The van der Waals surface area contributed by atoms with Crippen molar-refractivity contribution in [1.29, 1.82) is 0 Å². The van der Waals surface area contributed by atoms with E-state index in [2.05, 4.69) is 26.6 Å². The van der Waals surface area contributed by atoms with Gasteiger partial charge >= 0.3 is 0 Å². The quantitative estimate of drug-likeness (QED) is 0.394. The lowest BCUT2D eigenvalue weighted by molar-refractivity contribution is 0.0977. The van der Waals surface area contributed by atoms with Gasteiger partial charge in [-0.1, -0.05) is 42.5 Å². The molecule has 0 bridgehead atoms. The number of anilines is 1. The van der Waals surface area contributed by atoms with Crippen molar-refractivity contribution in [2.75, 3.05) is 5.32 Å². The van der Waals surface area contributed by atoms with Crippen molar-refractivity contribution in [2.45, 2.75) is 26.6 Å². The highest BCUT2D eigenvalue weighted by atomic mass is 79.9. The molecule has 3 aromatic carbocycles. The Morgan fingerprint density at radius 2 is 1.71 bits per heavy atom. The first-order valence-electron chi connectivity index (χ1n) is 9.76. The van der Waals surface area contributed by atoms with Gasteiger partial charge in [-0.05, 0) is 77.9 Å². The third-order valence-electron chi connectivity index (χ3n) is 4.16. The van der Waals surface area contributed by atoms with Gasteiger partial charge in [0, 0.05) is 5.56 Å². The fourth-order valence-corrected chi connectivity index (χ4v) is 3.43. The molecule has 7 heteroatoms. The van der Waals surface area contributed by atoms with E-state index in [4.69, 9.17) is 21.7 Å². The maximum atomic E-state index is 12.6. The molecular weight excluding hydrogens is 476 g/mol. The molecule has 2 N–H and O–H groups in total. The van der Waals surface area contributed by atoms with Gasteiger partial charge in [0.05, 0.1) is 16.3 Å². The van der Waals surface area contributed by atoms with Crippen LogP contribution in [0.5, 0.6) is 11.5 Å². The van der Waals surface area contributed by atoms with Crippen LogP contribution >= 0.6 is 28.1 Å². The number of halogens is 1. The largest absolute Gasteiger partial charge is 0.490 e. The number of carbonyl (C=O) groups is 1. The molecule has 0 atom stereocenters. The van der Waals surface area contributed by atoms with E-state index >= 15 is 0 Å². The summed E-state index contributed by atoms with van der Waals surface area (Å²) in [7, 11) is 0. The minimum atomic E-state index is -0.322. The van der Waals surface area contributed by atoms with Gasteiger partial charge in [-0.15, -0.1) is 0 Å². The van der Waals surface area contributed by atoms with Gasteiger partial charge in [0.2, 0.25) is 0 Å². The molecule has 0 aromatic heterocycles. The van der Waals surface area contributed by atoms with Crippen molar-refractivity contribution in [2.24, 2.45) is 0 Å². The number of nitrogens with one attached hydrogen (secondary N) is 2. The summed E-state index contributed by atoms with van der Waals surface area (Å²) in [5, 5.41) is 5.91. The van der Waals surface area contributed by atoms with Gasteiger partial charge in [0.25, 0.3) is 5.91 Å². The molecule has 0 saturated carbocycles. The SMILES string of the molecule is CC(C)Oc1ccc(C(=O)NC(=S)Nc2ccccc2OCc2ccccc2)cc1Br. The predicted octanol–water partition coefficient (Wildman–Crippen LogP) is 5.94. The van der Waals surface area contributed by atoms with Crippen LogP contribution in [0.2, 0.25) is 0 Å². The first-order chi connectivity index (χ1) is 14.9. The molecule has 0 fully saturated rings. The highest BCUT2D eigenvalue weighted by Crippen LogP contribution is 2.27. The van der Waals surface area contributed by atoms with Gasteiger partial charge in [-0.2, -0.15) is 0 Å². The Bertz CT molecular complexity index is 1060. The van der Waals surface area contributed by atoms with Crippen molar-refractivity contribution in [3.8, 4) is 11.5 Å². The van der Waals surface area contributed by atoms with Crippen LogP contribution in [0.3, 0.4) is 0 Å². The van der Waals surface area contributed by atoms with E-state index in [0.717, 1.165) is 5.56 Å². The van der Waals surface area contributed by atoms with E-state index in [-0.39, 0.29) is 17.1 Å². The molecule has 0 radical (unpaired) electrons. The van der Waals surface area contributed by atoms with Gasteiger partial charge in [-0.3, -0.25) is 10.1 Å². The highest BCUT2D eigenvalue weighted by Gasteiger charge is 2.13. The van der Waals surface area contributed by atoms with Crippen LogP contribution in [0.25, 0.3) is 0 Å². The topological polar surface area (TPSA) is 59.6 Å². The average Bonchev–Trinajstić information content (AvgIpc) is 2.75. The lowest BCUT2D eigenvalue weighted by atomic mass is 10.2. The van der Waals surface area contributed by atoms with Crippen molar-refractivity contribution in [3.05, 3.63) is 88.4 Å². The van der Waals surface area contributed by atoms with Crippen molar-refractivity contribution in [3.63, 3.8) is 0 Å². The molecule has 0 heterocycles. The number of thiocarbonyl (C=S) groups is 1. The summed E-state index contributed by atoms with van der Waals surface area (Å²) in [4.78, 5) is 12.6. The number of hydrogen-bond acceptors (Lipinski definition) is 4. The van der Waals surface area contributed by atoms with Gasteiger partial charge < -0.3 is 14.8 Å². The molecule has 160 valence electrons. The van der Waals surface area contributed by atoms with Crippen LogP contribution in [0.1, 0.15) is 29.8 Å². The Balaban J connectivity index is 1.62. The van der Waals surface area contributed by atoms with Crippen LogP contribution in [-0.4, -0.2) is 17.1 Å². The molecule has 0 aliphatic heterocycles. The van der Waals surface area contributed by atoms with Crippen LogP contribution in [0, 0.1) is 0 Å². The predicted molar refractivity (Wildman–Crippen MR) is 131 cm³/mol. The zero-order chi connectivity index (χ0) is 22.2. The third-order valence-corrected chi connectivity index (χ3v) is 4.98. The smallest absolute Gasteiger partial charge is 0.257 e. The fraction of sp³-hybridized carbons (Fsp3) is 0.167. The van der Waals surface area contributed by atoms with Gasteiger partial charge in [0.15, 0.2) is 5.11 Å². The van der Waals surface area contributed by atoms with E-state index in [1.165, 1.54) is 0 Å². The Hall–Kier alpha value is -2.90. The number of ether oxygens (including phenoxy) is 2. The number of hydrogen-bond donors (Lipinski definition) is 2. The maximum Gasteiger partial charge on any atom is 0.257 e. The van der Waals surface area contributed by atoms with E-state index in [9.17, 15) is 4.79 Å². The fourth-order valence-electron chi connectivity index (χ4n) is 2.75. The lowest BCUT2D eigenvalue weighted by Crippen LogP contribution is -2.34. The Morgan fingerprint density at radius 3 is 2.42 bits per heavy atom. The van der Waals surface area contributed by atoms with Gasteiger partial charge in [0.1, 0.15) is 18.1 Å². The van der Waals surface area contributed by atoms with Crippen molar-refractivity contribution >= 4 is 44.9 Å². The second-order valence-corrected chi connectivity index (χ2v) is 8.25. The highest BCUT2D eigenvalue weighted by molar-refractivity contribution is 9.10. The molecule has 0 aliphatic carbocycles. The van der Waals surface area contributed by atoms with E-state index in [1.807, 2.05) is 68.4 Å². The second-order valence-electron chi connectivity index (χ2n) is 6.99. The van der Waals surface area contributed by atoms with Crippen molar-refractivity contribution in [1.82, 2.24) is 5.32 Å². The van der Waals surface area contributed by atoms with Gasteiger partial charge in [-0.25, -0.2) is 0 Å². The molecule has 1 amide bonds. The van der Waals surface area contributed by atoms with E-state index in [0.29, 0.717) is 33.8 Å². The Labute approximate surface area is 195 Å². The zero-order valence-corrected chi connectivity index (χ0v) is 19.6. The van der Waals surface area contributed by atoms with Crippen molar-refractivity contribution < 1.29 is 14.3 Å². The summed E-state index contributed by atoms with van der Waals surface area (Å²) in [6.45, 7) is 4.31. The molecule has 0 spiro atoms. The first kappa shape index (κ1) is 22.8. The van der Waals surface area contributed by atoms with Crippen LogP contribution in [-0.2, 0) is 6.61 Å². The Morgan fingerprint density at radius 1 is 1.00 bits per heavy atom. The summed E-state index contributed by atoms with van der Waals surface area (Å²) in [6, 6.07) is 22.5. The molecule has 0 unspecified atom stereocenters. The van der Waals surface area contributed by atoms with Crippen LogP contribution in [0.4, 0.5) is 5.69 Å². The first-order valence-corrected chi connectivity index (χ1v) is 11.0. The summed E-state index contributed by atoms with van der Waals surface area (Å²) >= 11 is 8.77. The molecule has 0 saturated heterocycles. The lowest BCUT2D eigenvalue weighted by Gasteiger charge is -2.15. The number of para-hydroxylation sites is 2. The monoisotopic (exact) mass is 498 g/mol. The third kappa shape index (κ3) is 6.80. The molecule has 3 aromatic rings.